The van der Waals surface area contributed by atoms with Gasteiger partial charge >= 0.3 is 5.97 Å². The summed E-state index contributed by atoms with van der Waals surface area (Å²) in [4.78, 5) is 25.4. The van der Waals surface area contributed by atoms with Gasteiger partial charge in [0.1, 0.15) is 5.41 Å². The Kier molecular flexibility index (Phi) is 4.50. The molecule has 0 saturated heterocycles. The topological polar surface area (TPSA) is 43.4 Å². The molecule has 3 nitrogen and oxygen atoms in total. The van der Waals surface area contributed by atoms with Crippen LogP contribution in [0, 0.1) is 5.41 Å². The molecule has 0 spiro atoms. The highest BCUT2D eigenvalue weighted by Crippen LogP contribution is 2.46. The van der Waals surface area contributed by atoms with Crippen LogP contribution in [-0.4, -0.2) is 18.4 Å². The number of hydrogen-bond donors (Lipinski definition) is 0. The van der Waals surface area contributed by atoms with Crippen LogP contribution in [-0.2, 0) is 19.7 Å². The summed E-state index contributed by atoms with van der Waals surface area (Å²) in [6.45, 7) is 5.45. The molecule has 0 radical (unpaired) electrons. The number of rotatable bonds is 5. The fourth-order valence-corrected chi connectivity index (χ4v) is 3.38. The maximum absolute atomic E-state index is 13.2. The summed E-state index contributed by atoms with van der Waals surface area (Å²) in [6.07, 6.45) is 3.69. The van der Waals surface area contributed by atoms with Crippen LogP contribution >= 0.6 is 0 Å². The van der Waals surface area contributed by atoms with Crippen molar-refractivity contribution in [2.75, 3.05) is 6.61 Å². The van der Waals surface area contributed by atoms with Crippen LogP contribution < -0.4 is 0 Å². The van der Waals surface area contributed by atoms with Crippen molar-refractivity contribution in [3.63, 3.8) is 0 Å². The summed E-state index contributed by atoms with van der Waals surface area (Å²) in [5.74, 6) is -0.422. The van der Waals surface area contributed by atoms with E-state index in [0.29, 0.717) is 6.61 Å². The van der Waals surface area contributed by atoms with Crippen molar-refractivity contribution in [1.82, 2.24) is 0 Å². The van der Waals surface area contributed by atoms with Crippen molar-refractivity contribution in [2.45, 2.75) is 51.9 Å². The zero-order valence-electron chi connectivity index (χ0n) is 13.1. The molecule has 0 N–H and O–H groups in total. The average Bonchev–Trinajstić information content (AvgIpc) is 2.98. The molecule has 1 fully saturated rings. The van der Waals surface area contributed by atoms with E-state index in [1.54, 1.807) is 20.8 Å². The Labute approximate surface area is 126 Å². The average molecular weight is 288 g/mol. The first-order chi connectivity index (χ1) is 9.95. The van der Waals surface area contributed by atoms with E-state index in [4.69, 9.17) is 4.74 Å². The van der Waals surface area contributed by atoms with E-state index in [1.165, 1.54) is 0 Å². The molecule has 114 valence electrons. The van der Waals surface area contributed by atoms with Gasteiger partial charge in [0.2, 0.25) is 0 Å². The molecule has 3 heteroatoms. The maximum atomic E-state index is 13.2. The number of Topliss-reactive ketones (excluding diaryl/α,β-unsaturated/α-hetero) is 1. The second-order valence-electron chi connectivity index (χ2n) is 6.33. The van der Waals surface area contributed by atoms with Gasteiger partial charge in [0.15, 0.2) is 5.78 Å². The monoisotopic (exact) mass is 288 g/mol. The van der Waals surface area contributed by atoms with Crippen LogP contribution in [0.3, 0.4) is 0 Å². The molecule has 0 bridgehead atoms. The van der Waals surface area contributed by atoms with Gasteiger partial charge in [-0.1, -0.05) is 43.2 Å². The number of benzene rings is 1. The maximum Gasteiger partial charge on any atom is 0.319 e. The molecule has 0 atom stereocenters. The standard InChI is InChI=1S/C18H24O3/c1-4-21-16(20)17(2,3)15(19)18(12-8-9-13-18)14-10-6-5-7-11-14/h5-7,10-11H,4,8-9,12-13H2,1-3H3. The number of carbonyl (C=O) groups excluding carboxylic acids is 2. The number of esters is 1. The summed E-state index contributed by atoms with van der Waals surface area (Å²) in [7, 11) is 0. The van der Waals surface area contributed by atoms with Gasteiger partial charge in [-0.2, -0.15) is 0 Å². The van der Waals surface area contributed by atoms with Gasteiger partial charge in [0.25, 0.3) is 0 Å². The largest absolute Gasteiger partial charge is 0.465 e. The first-order valence-electron chi connectivity index (χ1n) is 7.73. The smallest absolute Gasteiger partial charge is 0.319 e. The summed E-state index contributed by atoms with van der Waals surface area (Å²) in [5.41, 5.74) is -0.599. The number of ketones is 1. The first kappa shape index (κ1) is 15.7. The van der Waals surface area contributed by atoms with E-state index in [1.807, 2.05) is 30.3 Å². The third-order valence-electron chi connectivity index (χ3n) is 4.57. The Bertz CT molecular complexity index is 511. The third-order valence-corrected chi connectivity index (χ3v) is 4.57. The van der Waals surface area contributed by atoms with Crippen molar-refractivity contribution in [3.05, 3.63) is 35.9 Å². The fourth-order valence-electron chi connectivity index (χ4n) is 3.38. The Morgan fingerprint density at radius 2 is 1.71 bits per heavy atom. The first-order valence-corrected chi connectivity index (χ1v) is 7.73. The lowest BCUT2D eigenvalue weighted by Crippen LogP contribution is -2.47. The molecule has 0 aromatic heterocycles. The predicted octanol–water partition coefficient (Wildman–Crippen LogP) is 3.66. The molecule has 1 aromatic rings. The normalized spacial score (nSPS) is 17.5. The summed E-state index contributed by atoms with van der Waals surface area (Å²) >= 11 is 0. The molecule has 0 aliphatic heterocycles. The fraction of sp³-hybridized carbons (Fsp3) is 0.556. The summed E-state index contributed by atoms with van der Waals surface area (Å²) < 4.78 is 5.11. The van der Waals surface area contributed by atoms with Crippen LogP contribution in [0.25, 0.3) is 0 Å². The van der Waals surface area contributed by atoms with Crippen molar-refractivity contribution in [1.29, 1.82) is 0 Å². The lowest BCUT2D eigenvalue weighted by molar-refractivity contribution is -0.159. The highest BCUT2D eigenvalue weighted by Gasteiger charge is 2.51. The molecule has 21 heavy (non-hydrogen) atoms. The van der Waals surface area contributed by atoms with Crippen LogP contribution in [0.5, 0.6) is 0 Å². The van der Waals surface area contributed by atoms with E-state index in [0.717, 1.165) is 31.2 Å². The van der Waals surface area contributed by atoms with Gasteiger partial charge in [-0.05, 0) is 39.2 Å². The molecular weight excluding hydrogens is 264 g/mol. The molecule has 0 heterocycles. The molecule has 0 amide bonds. The minimum Gasteiger partial charge on any atom is -0.465 e. The third kappa shape index (κ3) is 2.74. The zero-order valence-corrected chi connectivity index (χ0v) is 13.1. The SMILES string of the molecule is CCOC(=O)C(C)(C)C(=O)C1(c2ccccc2)CCCC1. The molecule has 1 aliphatic rings. The van der Waals surface area contributed by atoms with E-state index in [2.05, 4.69) is 0 Å². The summed E-state index contributed by atoms with van der Waals surface area (Å²) in [5, 5.41) is 0. The zero-order chi connectivity index (χ0) is 15.5. The minimum atomic E-state index is -1.10. The number of carbonyl (C=O) groups is 2. The van der Waals surface area contributed by atoms with Gasteiger partial charge in [-0.15, -0.1) is 0 Å². The van der Waals surface area contributed by atoms with Gasteiger partial charge in [0, 0.05) is 0 Å². The second kappa shape index (κ2) is 6.00. The predicted molar refractivity (Wildman–Crippen MR) is 82.0 cm³/mol. The van der Waals surface area contributed by atoms with Crippen LogP contribution in [0.4, 0.5) is 0 Å². The molecule has 2 rings (SSSR count). The second-order valence-corrected chi connectivity index (χ2v) is 6.33. The quantitative estimate of drug-likeness (QED) is 0.613. The molecule has 1 aromatic carbocycles. The highest BCUT2D eigenvalue weighted by molar-refractivity contribution is 6.08. The minimum absolute atomic E-state index is 0.00264. The number of ether oxygens (including phenoxy) is 1. The van der Waals surface area contributed by atoms with E-state index < -0.39 is 16.8 Å². The summed E-state index contributed by atoms with van der Waals surface area (Å²) in [6, 6.07) is 9.88. The van der Waals surface area contributed by atoms with Crippen molar-refractivity contribution < 1.29 is 14.3 Å². The van der Waals surface area contributed by atoms with Crippen LogP contribution in [0.2, 0.25) is 0 Å². The van der Waals surface area contributed by atoms with Gasteiger partial charge in [-0.25, -0.2) is 0 Å². The molecule has 0 unspecified atom stereocenters. The highest BCUT2D eigenvalue weighted by atomic mass is 16.5. The van der Waals surface area contributed by atoms with Crippen molar-refractivity contribution in [2.24, 2.45) is 5.41 Å². The Balaban J connectivity index is 2.39. The molecule has 1 aliphatic carbocycles. The van der Waals surface area contributed by atoms with Gasteiger partial charge in [-0.3, -0.25) is 9.59 Å². The number of hydrogen-bond acceptors (Lipinski definition) is 3. The van der Waals surface area contributed by atoms with E-state index in [-0.39, 0.29) is 5.78 Å². The van der Waals surface area contributed by atoms with Crippen molar-refractivity contribution in [3.8, 4) is 0 Å². The van der Waals surface area contributed by atoms with Crippen LogP contribution in [0.15, 0.2) is 30.3 Å². The van der Waals surface area contributed by atoms with E-state index in [9.17, 15) is 9.59 Å². The lowest BCUT2D eigenvalue weighted by atomic mass is 9.66. The molecule has 1 saturated carbocycles. The van der Waals surface area contributed by atoms with Crippen LogP contribution in [0.1, 0.15) is 52.0 Å². The molecular formula is C18H24O3. The Morgan fingerprint density at radius 1 is 1.14 bits per heavy atom. The lowest BCUT2D eigenvalue weighted by Gasteiger charge is -2.35. The van der Waals surface area contributed by atoms with Crippen molar-refractivity contribution >= 4 is 11.8 Å². The van der Waals surface area contributed by atoms with E-state index >= 15 is 0 Å². The Hall–Kier alpha value is -1.64. The van der Waals surface area contributed by atoms with Gasteiger partial charge < -0.3 is 4.74 Å². The Morgan fingerprint density at radius 3 is 2.24 bits per heavy atom. The van der Waals surface area contributed by atoms with Gasteiger partial charge in [0.05, 0.1) is 12.0 Å².